The number of nitrogens with zero attached hydrogens (tertiary/aromatic N) is 1. The van der Waals surface area contributed by atoms with Gasteiger partial charge in [-0.3, -0.25) is 4.79 Å². The Balaban J connectivity index is 2.71. The summed E-state index contributed by atoms with van der Waals surface area (Å²) in [5.41, 5.74) is 0.693. The molecular weight excluding hydrogens is 278 g/mol. The standard InChI is InChI=1S/C14H17NO4S/c1-11(2)8-19-14(16)10-20(17,18)9-13-6-4-3-5-12(13)7-15/h3-6,11H,8-10H2,1-2H3. The highest BCUT2D eigenvalue weighted by atomic mass is 32.2. The van der Waals surface area contributed by atoms with Crippen LogP contribution in [0.3, 0.4) is 0 Å². The van der Waals surface area contributed by atoms with Gasteiger partial charge in [0.1, 0.15) is 5.75 Å². The van der Waals surface area contributed by atoms with E-state index in [1.54, 1.807) is 24.3 Å². The van der Waals surface area contributed by atoms with Gasteiger partial charge in [0.25, 0.3) is 0 Å². The number of sulfone groups is 1. The van der Waals surface area contributed by atoms with Gasteiger partial charge in [-0.1, -0.05) is 32.0 Å². The molecule has 0 atom stereocenters. The number of rotatable bonds is 6. The van der Waals surface area contributed by atoms with Crippen LogP contribution in [0.1, 0.15) is 25.0 Å². The Kier molecular flexibility index (Phi) is 5.71. The number of benzene rings is 1. The first kappa shape index (κ1) is 16.2. The normalized spacial score (nSPS) is 11.1. The molecule has 0 bridgehead atoms. The number of hydrogen-bond acceptors (Lipinski definition) is 5. The predicted molar refractivity (Wildman–Crippen MR) is 74.4 cm³/mol. The number of nitriles is 1. The van der Waals surface area contributed by atoms with Crippen molar-refractivity contribution < 1.29 is 17.9 Å². The van der Waals surface area contributed by atoms with Crippen LogP contribution in [0.15, 0.2) is 24.3 Å². The van der Waals surface area contributed by atoms with E-state index in [1.165, 1.54) is 0 Å². The molecule has 0 aromatic heterocycles. The van der Waals surface area contributed by atoms with Crippen LogP contribution in [0.5, 0.6) is 0 Å². The lowest BCUT2D eigenvalue weighted by Crippen LogP contribution is -2.21. The summed E-state index contributed by atoms with van der Waals surface area (Å²) in [7, 11) is -3.64. The molecule has 0 saturated carbocycles. The summed E-state index contributed by atoms with van der Waals surface area (Å²) in [5.74, 6) is -1.61. The van der Waals surface area contributed by atoms with Crippen molar-refractivity contribution in [1.82, 2.24) is 0 Å². The van der Waals surface area contributed by atoms with E-state index in [4.69, 9.17) is 10.00 Å². The Morgan fingerprint density at radius 1 is 1.35 bits per heavy atom. The first-order chi connectivity index (χ1) is 9.34. The molecule has 0 aliphatic carbocycles. The summed E-state index contributed by atoms with van der Waals surface area (Å²) < 4.78 is 28.7. The van der Waals surface area contributed by atoms with Crippen LogP contribution in [0, 0.1) is 17.2 Å². The smallest absolute Gasteiger partial charge is 0.321 e. The molecule has 0 aliphatic heterocycles. The minimum Gasteiger partial charge on any atom is -0.465 e. The maximum Gasteiger partial charge on any atom is 0.321 e. The number of carbonyl (C=O) groups is 1. The molecule has 0 fully saturated rings. The molecule has 0 heterocycles. The van der Waals surface area contributed by atoms with Crippen molar-refractivity contribution in [2.75, 3.05) is 12.4 Å². The molecule has 1 aromatic rings. The molecule has 1 rings (SSSR count). The molecule has 0 spiro atoms. The van der Waals surface area contributed by atoms with Gasteiger partial charge in [-0.05, 0) is 17.5 Å². The fourth-order valence-corrected chi connectivity index (χ4v) is 2.79. The summed E-state index contributed by atoms with van der Waals surface area (Å²) >= 11 is 0. The average molecular weight is 295 g/mol. The third-order valence-corrected chi connectivity index (χ3v) is 3.86. The number of hydrogen-bond donors (Lipinski definition) is 0. The second kappa shape index (κ2) is 7.06. The second-order valence-electron chi connectivity index (χ2n) is 4.88. The van der Waals surface area contributed by atoms with Crippen LogP contribution in [0.2, 0.25) is 0 Å². The number of ether oxygens (including phenoxy) is 1. The van der Waals surface area contributed by atoms with Gasteiger partial charge in [0.05, 0.1) is 24.0 Å². The van der Waals surface area contributed by atoms with Gasteiger partial charge >= 0.3 is 5.97 Å². The van der Waals surface area contributed by atoms with E-state index in [9.17, 15) is 13.2 Å². The van der Waals surface area contributed by atoms with Crippen LogP contribution in [-0.2, 0) is 25.1 Å². The van der Waals surface area contributed by atoms with Gasteiger partial charge in [-0.25, -0.2) is 8.42 Å². The molecule has 0 N–H and O–H groups in total. The molecule has 6 heteroatoms. The van der Waals surface area contributed by atoms with Crippen molar-refractivity contribution in [3.05, 3.63) is 35.4 Å². The fraction of sp³-hybridized carbons (Fsp3) is 0.429. The van der Waals surface area contributed by atoms with Gasteiger partial charge in [-0.2, -0.15) is 5.26 Å². The summed E-state index contributed by atoms with van der Waals surface area (Å²) in [6.45, 7) is 3.93. The van der Waals surface area contributed by atoms with Crippen molar-refractivity contribution in [3.63, 3.8) is 0 Å². The SMILES string of the molecule is CC(C)COC(=O)CS(=O)(=O)Cc1ccccc1C#N. The molecule has 5 nitrogen and oxygen atoms in total. The lowest BCUT2D eigenvalue weighted by Gasteiger charge is -2.08. The number of esters is 1. The Hall–Kier alpha value is -1.87. The molecule has 0 radical (unpaired) electrons. The van der Waals surface area contributed by atoms with Gasteiger partial charge in [0.2, 0.25) is 0 Å². The second-order valence-corrected chi connectivity index (χ2v) is 6.94. The highest BCUT2D eigenvalue weighted by molar-refractivity contribution is 7.91. The Morgan fingerprint density at radius 2 is 2.00 bits per heavy atom. The zero-order chi connectivity index (χ0) is 15.2. The van der Waals surface area contributed by atoms with E-state index in [1.807, 2.05) is 19.9 Å². The Bertz CT molecular complexity index is 614. The van der Waals surface area contributed by atoms with E-state index in [-0.39, 0.29) is 18.3 Å². The van der Waals surface area contributed by atoms with Crippen LogP contribution < -0.4 is 0 Å². The Morgan fingerprint density at radius 3 is 2.60 bits per heavy atom. The van der Waals surface area contributed by atoms with E-state index in [0.29, 0.717) is 11.1 Å². The topological polar surface area (TPSA) is 84.2 Å². The van der Waals surface area contributed by atoms with Crippen molar-refractivity contribution >= 4 is 15.8 Å². The molecule has 108 valence electrons. The van der Waals surface area contributed by atoms with Crippen molar-refractivity contribution in [1.29, 1.82) is 5.26 Å². The van der Waals surface area contributed by atoms with Crippen molar-refractivity contribution in [2.24, 2.45) is 5.92 Å². The Labute approximate surface area is 119 Å². The summed E-state index contributed by atoms with van der Waals surface area (Å²) in [4.78, 5) is 11.4. The predicted octanol–water partition coefficient (Wildman–Crippen LogP) is 1.67. The molecule has 0 aliphatic rings. The fourth-order valence-electron chi connectivity index (χ4n) is 1.52. The summed E-state index contributed by atoms with van der Waals surface area (Å²) in [5, 5.41) is 8.91. The van der Waals surface area contributed by atoms with Crippen molar-refractivity contribution in [3.8, 4) is 6.07 Å². The third kappa shape index (κ3) is 5.41. The summed E-state index contributed by atoms with van der Waals surface area (Å²) in [6, 6.07) is 8.35. The number of carbonyl (C=O) groups excluding carboxylic acids is 1. The van der Waals surface area contributed by atoms with E-state index < -0.39 is 21.6 Å². The lowest BCUT2D eigenvalue weighted by atomic mass is 10.1. The minimum atomic E-state index is -3.64. The molecule has 20 heavy (non-hydrogen) atoms. The monoisotopic (exact) mass is 295 g/mol. The highest BCUT2D eigenvalue weighted by Gasteiger charge is 2.20. The lowest BCUT2D eigenvalue weighted by molar-refractivity contribution is -0.141. The van der Waals surface area contributed by atoms with Crippen LogP contribution >= 0.6 is 0 Å². The maximum atomic E-state index is 11.9. The van der Waals surface area contributed by atoms with Gasteiger partial charge in [0, 0.05) is 0 Å². The minimum absolute atomic E-state index is 0.154. The molecule has 0 unspecified atom stereocenters. The third-order valence-electron chi connectivity index (χ3n) is 2.43. The maximum absolute atomic E-state index is 11.9. The van der Waals surface area contributed by atoms with Crippen LogP contribution in [-0.4, -0.2) is 26.7 Å². The van der Waals surface area contributed by atoms with Crippen molar-refractivity contribution in [2.45, 2.75) is 19.6 Å². The quantitative estimate of drug-likeness (QED) is 0.745. The molecule has 0 amide bonds. The first-order valence-corrected chi connectivity index (χ1v) is 8.00. The van der Waals surface area contributed by atoms with E-state index in [2.05, 4.69) is 0 Å². The zero-order valence-electron chi connectivity index (χ0n) is 11.5. The van der Waals surface area contributed by atoms with E-state index in [0.717, 1.165) is 0 Å². The zero-order valence-corrected chi connectivity index (χ0v) is 12.3. The molecule has 0 saturated heterocycles. The van der Waals surface area contributed by atoms with Crippen LogP contribution in [0.4, 0.5) is 0 Å². The summed E-state index contributed by atoms with van der Waals surface area (Å²) in [6.07, 6.45) is 0. The first-order valence-electron chi connectivity index (χ1n) is 6.18. The van der Waals surface area contributed by atoms with Crippen LogP contribution in [0.25, 0.3) is 0 Å². The van der Waals surface area contributed by atoms with Gasteiger partial charge in [-0.15, -0.1) is 0 Å². The van der Waals surface area contributed by atoms with Gasteiger partial charge < -0.3 is 4.74 Å². The van der Waals surface area contributed by atoms with Gasteiger partial charge in [0.15, 0.2) is 9.84 Å². The average Bonchev–Trinajstić information content (AvgIpc) is 2.36. The highest BCUT2D eigenvalue weighted by Crippen LogP contribution is 2.12. The molecule has 1 aromatic carbocycles. The van der Waals surface area contributed by atoms with E-state index >= 15 is 0 Å². The largest absolute Gasteiger partial charge is 0.465 e. The molecular formula is C14H17NO4S.